The van der Waals surface area contributed by atoms with Crippen LogP contribution in [0.3, 0.4) is 0 Å². The van der Waals surface area contributed by atoms with Crippen molar-refractivity contribution in [3.63, 3.8) is 0 Å². The van der Waals surface area contributed by atoms with Gasteiger partial charge in [-0.05, 0) is 17.4 Å². The molecule has 2 aromatic carbocycles. The van der Waals surface area contributed by atoms with Crippen LogP contribution in [0, 0.1) is 0 Å². The van der Waals surface area contributed by atoms with E-state index in [0.717, 1.165) is 16.3 Å². The quantitative estimate of drug-likeness (QED) is 0.688. The Labute approximate surface area is 121 Å². The van der Waals surface area contributed by atoms with Crippen LogP contribution in [0.1, 0.15) is 12.0 Å². The molecule has 3 aromatic rings. The molecular formula is C16H15N3O2. The second-order valence-electron chi connectivity index (χ2n) is 4.83. The predicted molar refractivity (Wildman–Crippen MR) is 81.2 cm³/mol. The highest BCUT2D eigenvalue weighted by Gasteiger charge is 2.09. The van der Waals surface area contributed by atoms with E-state index < -0.39 is 0 Å². The number of carbonyl (C=O) groups excluding carboxylic acids is 1. The molecule has 0 saturated carbocycles. The first-order valence-electron chi connectivity index (χ1n) is 6.72. The number of hydrogen-bond acceptors (Lipinski definition) is 3. The van der Waals surface area contributed by atoms with E-state index in [1.165, 1.54) is 0 Å². The van der Waals surface area contributed by atoms with Crippen LogP contribution >= 0.6 is 0 Å². The molecule has 0 aliphatic heterocycles. The zero-order valence-corrected chi connectivity index (χ0v) is 11.3. The van der Waals surface area contributed by atoms with E-state index in [1.54, 1.807) is 12.4 Å². The lowest BCUT2D eigenvalue weighted by Gasteiger charge is -2.08. The van der Waals surface area contributed by atoms with Crippen molar-refractivity contribution in [2.75, 3.05) is 5.32 Å². The van der Waals surface area contributed by atoms with Gasteiger partial charge in [-0.1, -0.05) is 36.4 Å². The number of aromatic nitrogens is 2. The number of nitrogens with one attached hydrogen (secondary N) is 2. The fraction of sp³-hybridized carbons (Fsp3) is 0.125. The molecule has 5 nitrogen and oxygen atoms in total. The number of nitrogens with zero attached hydrogens (tertiary/aromatic N) is 1. The minimum Gasteiger partial charge on any atom is -0.507 e. The van der Waals surface area contributed by atoms with Crippen LogP contribution in [0.2, 0.25) is 0 Å². The Kier molecular flexibility index (Phi) is 3.55. The Balaban J connectivity index is 1.70. The van der Waals surface area contributed by atoms with Crippen LogP contribution in [-0.4, -0.2) is 21.2 Å². The molecule has 106 valence electrons. The maximum atomic E-state index is 11.8. The minimum absolute atomic E-state index is 0.107. The van der Waals surface area contributed by atoms with E-state index in [0.29, 0.717) is 18.5 Å². The van der Waals surface area contributed by atoms with Crippen LogP contribution in [0.15, 0.2) is 48.8 Å². The molecule has 1 heterocycles. The van der Waals surface area contributed by atoms with Gasteiger partial charge in [-0.2, -0.15) is 5.10 Å². The largest absolute Gasteiger partial charge is 0.507 e. The lowest BCUT2D eigenvalue weighted by Crippen LogP contribution is -2.11. The number of fused-ring (bicyclic) bond motifs is 1. The molecule has 0 saturated heterocycles. The molecule has 3 N–H and O–H groups in total. The van der Waals surface area contributed by atoms with Crippen molar-refractivity contribution < 1.29 is 9.90 Å². The molecule has 5 heteroatoms. The summed E-state index contributed by atoms with van der Waals surface area (Å²) < 4.78 is 0. The van der Waals surface area contributed by atoms with E-state index in [9.17, 15) is 9.90 Å². The number of benzene rings is 2. The molecule has 21 heavy (non-hydrogen) atoms. The van der Waals surface area contributed by atoms with Gasteiger partial charge in [-0.15, -0.1) is 0 Å². The molecule has 0 bridgehead atoms. The summed E-state index contributed by atoms with van der Waals surface area (Å²) >= 11 is 0. The predicted octanol–water partition coefficient (Wildman–Crippen LogP) is 2.84. The molecule has 3 rings (SSSR count). The Hall–Kier alpha value is -2.82. The van der Waals surface area contributed by atoms with Gasteiger partial charge in [-0.3, -0.25) is 9.89 Å². The summed E-state index contributed by atoms with van der Waals surface area (Å²) in [6.07, 6.45) is 3.95. The number of aromatic amines is 1. The number of phenols is 1. The molecule has 0 unspecified atom stereocenters. The number of aryl methyl sites for hydroxylation is 1. The van der Waals surface area contributed by atoms with Gasteiger partial charge in [0.05, 0.1) is 11.9 Å². The average molecular weight is 281 g/mol. The van der Waals surface area contributed by atoms with E-state index in [1.807, 2.05) is 36.4 Å². The van der Waals surface area contributed by atoms with Crippen LogP contribution in [-0.2, 0) is 11.2 Å². The normalized spacial score (nSPS) is 10.7. The third kappa shape index (κ3) is 2.86. The number of phenolic OH excluding ortho intramolecular Hbond substituents is 1. The van der Waals surface area contributed by atoms with Gasteiger partial charge in [0.1, 0.15) is 5.75 Å². The summed E-state index contributed by atoms with van der Waals surface area (Å²) in [5.41, 5.74) is 1.42. The highest BCUT2D eigenvalue weighted by molar-refractivity contribution is 5.91. The van der Waals surface area contributed by atoms with Gasteiger partial charge in [0.2, 0.25) is 5.91 Å². The first kappa shape index (κ1) is 13.2. The number of rotatable bonds is 4. The summed E-state index contributed by atoms with van der Waals surface area (Å²) in [6.45, 7) is 0. The van der Waals surface area contributed by atoms with Crippen molar-refractivity contribution >= 4 is 22.4 Å². The summed E-state index contributed by atoms with van der Waals surface area (Å²) in [6, 6.07) is 11.5. The van der Waals surface area contributed by atoms with Crippen molar-refractivity contribution in [1.82, 2.24) is 10.2 Å². The SMILES string of the molecule is O=C(CCc1ccc2ccccc2c1O)Nc1cn[nH]c1. The molecule has 0 aliphatic carbocycles. The van der Waals surface area contributed by atoms with Crippen LogP contribution in [0.25, 0.3) is 10.8 Å². The van der Waals surface area contributed by atoms with Gasteiger partial charge in [0, 0.05) is 18.0 Å². The van der Waals surface area contributed by atoms with Crippen molar-refractivity contribution in [3.05, 3.63) is 54.4 Å². The maximum absolute atomic E-state index is 11.8. The fourth-order valence-electron chi connectivity index (χ4n) is 2.29. The van der Waals surface area contributed by atoms with Gasteiger partial charge in [0.25, 0.3) is 0 Å². The molecular weight excluding hydrogens is 266 g/mol. The molecule has 1 amide bonds. The van der Waals surface area contributed by atoms with Gasteiger partial charge in [-0.25, -0.2) is 0 Å². The zero-order valence-electron chi connectivity index (χ0n) is 11.3. The number of amides is 1. The zero-order chi connectivity index (χ0) is 14.7. The molecule has 0 radical (unpaired) electrons. The number of carbonyl (C=O) groups is 1. The van der Waals surface area contributed by atoms with Crippen LogP contribution in [0.5, 0.6) is 5.75 Å². The summed E-state index contributed by atoms with van der Waals surface area (Å²) in [7, 11) is 0. The second-order valence-corrected chi connectivity index (χ2v) is 4.83. The van der Waals surface area contributed by atoms with Crippen molar-refractivity contribution in [2.24, 2.45) is 0 Å². The van der Waals surface area contributed by atoms with Crippen molar-refractivity contribution in [1.29, 1.82) is 0 Å². The first-order valence-corrected chi connectivity index (χ1v) is 6.72. The highest BCUT2D eigenvalue weighted by atomic mass is 16.3. The van der Waals surface area contributed by atoms with E-state index in [-0.39, 0.29) is 11.7 Å². The van der Waals surface area contributed by atoms with Crippen molar-refractivity contribution in [3.8, 4) is 5.75 Å². The third-order valence-corrected chi connectivity index (χ3v) is 3.39. The van der Waals surface area contributed by atoms with E-state index in [2.05, 4.69) is 15.5 Å². The molecule has 1 aromatic heterocycles. The lowest BCUT2D eigenvalue weighted by molar-refractivity contribution is -0.116. The van der Waals surface area contributed by atoms with Gasteiger partial charge >= 0.3 is 0 Å². The van der Waals surface area contributed by atoms with E-state index >= 15 is 0 Å². The maximum Gasteiger partial charge on any atom is 0.224 e. The van der Waals surface area contributed by atoms with Crippen LogP contribution < -0.4 is 5.32 Å². The number of aromatic hydroxyl groups is 1. The standard InChI is InChI=1S/C16H15N3O2/c20-15(19-13-9-17-18-10-13)8-7-12-6-5-11-3-1-2-4-14(11)16(12)21/h1-6,9-10,21H,7-8H2,(H,17,18)(H,19,20). The van der Waals surface area contributed by atoms with Gasteiger partial charge in [0.15, 0.2) is 0 Å². The number of hydrogen-bond donors (Lipinski definition) is 3. The molecule has 0 atom stereocenters. The number of anilines is 1. The van der Waals surface area contributed by atoms with E-state index in [4.69, 9.17) is 0 Å². The Bertz CT molecular complexity index is 766. The Morgan fingerprint density at radius 3 is 2.90 bits per heavy atom. The molecule has 0 aliphatic rings. The lowest BCUT2D eigenvalue weighted by atomic mass is 10.0. The molecule has 0 spiro atoms. The minimum atomic E-state index is -0.107. The Morgan fingerprint density at radius 1 is 1.24 bits per heavy atom. The fourth-order valence-corrected chi connectivity index (χ4v) is 2.29. The summed E-state index contributed by atoms with van der Waals surface area (Å²) in [5.74, 6) is 0.146. The number of H-pyrrole nitrogens is 1. The third-order valence-electron chi connectivity index (χ3n) is 3.39. The van der Waals surface area contributed by atoms with Crippen LogP contribution in [0.4, 0.5) is 5.69 Å². The van der Waals surface area contributed by atoms with Crippen molar-refractivity contribution in [2.45, 2.75) is 12.8 Å². The average Bonchev–Trinajstić information content (AvgIpc) is 3.00. The first-order chi connectivity index (χ1) is 10.2. The smallest absolute Gasteiger partial charge is 0.224 e. The topological polar surface area (TPSA) is 78.0 Å². The highest BCUT2D eigenvalue weighted by Crippen LogP contribution is 2.29. The van der Waals surface area contributed by atoms with Gasteiger partial charge < -0.3 is 10.4 Å². The monoisotopic (exact) mass is 281 g/mol. The Morgan fingerprint density at radius 2 is 2.10 bits per heavy atom. The molecule has 0 fully saturated rings. The second kappa shape index (κ2) is 5.66. The summed E-state index contributed by atoms with van der Waals surface area (Å²) in [4.78, 5) is 11.8. The summed E-state index contributed by atoms with van der Waals surface area (Å²) in [5, 5.41) is 21.2.